The highest BCUT2D eigenvalue weighted by atomic mass is 16.5. The molecule has 1 aliphatic rings. The standard InChI is InChI=1S/C12H24N2O4/c1-3-18-9-11(15)8-13-4-6-14(7-5-13)12(16)10-17-2/h11,15H,3-10H2,1-2H3/t11-/m0/s1. The predicted molar refractivity (Wildman–Crippen MR) is 67.4 cm³/mol. The maximum absolute atomic E-state index is 11.6. The summed E-state index contributed by atoms with van der Waals surface area (Å²) in [6.07, 6.45) is -0.453. The first-order valence-electron chi connectivity index (χ1n) is 6.42. The second-order valence-corrected chi connectivity index (χ2v) is 4.43. The molecule has 0 aromatic rings. The van der Waals surface area contributed by atoms with Gasteiger partial charge in [0.15, 0.2) is 0 Å². The first-order valence-corrected chi connectivity index (χ1v) is 6.42. The van der Waals surface area contributed by atoms with E-state index in [-0.39, 0.29) is 12.5 Å². The average molecular weight is 260 g/mol. The van der Waals surface area contributed by atoms with Gasteiger partial charge in [-0.2, -0.15) is 0 Å². The molecule has 1 N–H and O–H groups in total. The molecule has 6 nitrogen and oxygen atoms in total. The molecule has 0 aliphatic carbocycles. The summed E-state index contributed by atoms with van der Waals surface area (Å²) < 4.78 is 10.0. The smallest absolute Gasteiger partial charge is 0.248 e. The summed E-state index contributed by atoms with van der Waals surface area (Å²) in [4.78, 5) is 15.5. The number of nitrogens with zero attached hydrogens (tertiary/aromatic N) is 2. The molecule has 18 heavy (non-hydrogen) atoms. The van der Waals surface area contributed by atoms with Gasteiger partial charge in [-0.3, -0.25) is 9.69 Å². The van der Waals surface area contributed by atoms with Gasteiger partial charge in [-0.15, -0.1) is 0 Å². The van der Waals surface area contributed by atoms with Gasteiger partial charge in [0.2, 0.25) is 5.91 Å². The number of aliphatic hydroxyl groups excluding tert-OH is 1. The molecule has 0 unspecified atom stereocenters. The number of hydrogen-bond donors (Lipinski definition) is 1. The van der Waals surface area contributed by atoms with Crippen LogP contribution in [0.1, 0.15) is 6.92 Å². The van der Waals surface area contributed by atoms with Crippen molar-refractivity contribution in [3.05, 3.63) is 0 Å². The fraction of sp³-hybridized carbons (Fsp3) is 0.917. The summed E-state index contributed by atoms with van der Waals surface area (Å²) in [6, 6.07) is 0. The largest absolute Gasteiger partial charge is 0.389 e. The Hall–Kier alpha value is -0.690. The van der Waals surface area contributed by atoms with E-state index in [9.17, 15) is 9.90 Å². The van der Waals surface area contributed by atoms with Crippen LogP contribution in [0.5, 0.6) is 0 Å². The maximum Gasteiger partial charge on any atom is 0.248 e. The SMILES string of the molecule is CCOC[C@@H](O)CN1CCN(C(=O)COC)CC1. The van der Waals surface area contributed by atoms with Crippen LogP contribution in [0.2, 0.25) is 0 Å². The quantitative estimate of drug-likeness (QED) is 0.648. The van der Waals surface area contributed by atoms with Gasteiger partial charge in [0, 0.05) is 46.4 Å². The second-order valence-electron chi connectivity index (χ2n) is 4.43. The van der Waals surface area contributed by atoms with Crippen LogP contribution < -0.4 is 0 Å². The van der Waals surface area contributed by atoms with E-state index in [1.165, 1.54) is 7.11 Å². The first-order chi connectivity index (χ1) is 8.67. The van der Waals surface area contributed by atoms with Gasteiger partial charge in [0.1, 0.15) is 6.61 Å². The summed E-state index contributed by atoms with van der Waals surface area (Å²) in [5.41, 5.74) is 0. The molecule has 1 saturated heterocycles. The second kappa shape index (κ2) is 8.42. The summed E-state index contributed by atoms with van der Waals surface area (Å²) in [5, 5.41) is 9.72. The molecule has 1 atom stereocenters. The number of aliphatic hydroxyl groups is 1. The van der Waals surface area contributed by atoms with Crippen LogP contribution in [0.15, 0.2) is 0 Å². The van der Waals surface area contributed by atoms with Crippen LogP contribution in [-0.4, -0.2) is 86.6 Å². The van der Waals surface area contributed by atoms with Crippen LogP contribution in [0.4, 0.5) is 0 Å². The normalized spacial score (nSPS) is 18.9. The van der Waals surface area contributed by atoms with Gasteiger partial charge in [0.25, 0.3) is 0 Å². The van der Waals surface area contributed by atoms with Crippen LogP contribution >= 0.6 is 0 Å². The number of carbonyl (C=O) groups excluding carboxylic acids is 1. The molecule has 1 aliphatic heterocycles. The Morgan fingerprint density at radius 3 is 2.56 bits per heavy atom. The molecule has 1 amide bonds. The maximum atomic E-state index is 11.6. The van der Waals surface area contributed by atoms with Gasteiger partial charge in [-0.25, -0.2) is 0 Å². The van der Waals surface area contributed by atoms with Crippen molar-refractivity contribution < 1.29 is 19.4 Å². The van der Waals surface area contributed by atoms with Crippen LogP contribution in [-0.2, 0) is 14.3 Å². The number of amides is 1. The molecule has 0 saturated carbocycles. The van der Waals surface area contributed by atoms with E-state index < -0.39 is 6.10 Å². The van der Waals surface area contributed by atoms with Crippen LogP contribution in [0, 0.1) is 0 Å². The number of β-amino-alcohol motifs (C(OH)–C–C–N with tert-alkyl or cyclic N) is 1. The van der Waals surface area contributed by atoms with Crippen molar-refractivity contribution in [1.29, 1.82) is 0 Å². The molecule has 0 aromatic carbocycles. The number of piperazine rings is 1. The number of rotatable bonds is 7. The Kier molecular flexibility index (Phi) is 7.19. The lowest BCUT2D eigenvalue weighted by Crippen LogP contribution is -2.51. The monoisotopic (exact) mass is 260 g/mol. The lowest BCUT2D eigenvalue weighted by atomic mass is 10.2. The lowest BCUT2D eigenvalue weighted by molar-refractivity contribution is -0.137. The van der Waals surface area contributed by atoms with Crippen molar-refractivity contribution in [2.75, 3.05) is 59.7 Å². The first kappa shape index (κ1) is 15.4. The Morgan fingerprint density at radius 1 is 1.33 bits per heavy atom. The number of hydrogen-bond acceptors (Lipinski definition) is 5. The molecule has 1 rings (SSSR count). The zero-order valence-electron chi connectivity index (χ0n) is 11.3. The minimum Gasteiger partial charge on any atom is -0.389 e. The van der Waals surface area contributed by atoms with E-state index in [0.717, 1.165) is 13.1 Å². The molecular weight excluding hydrogens is 236 g/mol. The average Bonchev–Trinajstić information content (AvgIpc) is 2.37. The third kappa shape index (κ3) is 5.30. The molecular formula is C12H24N2O4. The summed E-state index contributed by atoms with van der Waals surface area (Å²) in [7, 11) is 1.53. The van der Waals surface area contributed by atoms with Gasteiger partial charge in [-0.05, 0) is 6.92 Å². The van der Waals surface area contributed by atoms with Crippen molar-refractivity contribution >= 4 is 5.91 Å². The highest BCUT2D eigenvalue weighted by molar-refractivity contribution is 5.77. The Balaban J connectivity index is 2.20. The molecule has 1 heterocycles. The van der Waals surface area contributed by atoms with Gasteiger partial charge < -0.3 is 19.5 Å². The predicted octanol–water partition coefficient (Wildman–Crippen LogP) is -0.826. The molecule has 1 fully saturated rings. The highest BCUT2D eigenvalue weighted by Crippen LogP contribution is 2.03. The van der Waals surface area contributed by atoms with Crippen molar-refractivity contribution in [2.45, 2.75) is 13.0 Å². The minimum atomic E-state index is -0.453. The van der Waals surface area contributed by atoms with E-state index >= 15 is 0 Å². The molecule has 6 heteroatoms. The lowest BCUT2D eigenvalue weighted by Gasteiger charge is -2.35. The van der Waals surface area contributed by atoms with E-state index in [2.05, 4.69) is 4.90 Å². The van der Waals surface area contributed by atoms with Crippen molar-refractivity contribution in [1.82, 2.24) is 9.80 Å². The van der Waals surface area contributed by atoms with Crippen LogP contribution in [0.25, 0.3) is 0 Å². The van der Waals surface area contributed by atoms with E-state index in [4.69, 9.17) is 9.47 Å². The number of carbonyl (C=O) groups is 1. The zero-order valence-corrected chi connectivity index (χ0v) is 11.3. The summed E-state index contributed by atoms with van der Waals surface area (Å²) in [5.74, 6) is 0.0343. The Morgan fingerprint density at radius 2 is 2.00 bits per heavy atom. The molecule has 0 aromatic heterocycles. The molecule has 0 spiro atoms. The third-order valence-corrected chi connectivity index (χ3v) is 2.98. The van der Waals surface area contributed by atoms with Crippen LogP contribution in [0.3, 0.4) is 0 Å². The number of methoxy groups -OCH3 is 1. The van der Waals surface area contributed by atoms with E-state index in [0.29, 0.717) is 32.8 Å². The minimum absolute atomic E-state index is 0.0343. The fourth-order valence-electron chi connectivity index (χ4n) is 2.00. The summed E-state index contributed by atoms with van der Waals surface area (Å²) >= 11 is 0. The molecule has 106 valence electrons. The Bertz CT molecular complexity index is 242. The van der Waals surface area contributed by atoms with Gasteiger partial charge >= 0.3 is 0 Å². The fourth-order valence-corrected chi connectivity index (χ4v) is 2.00. The zero-order chi connectivity index (χ0) is 13.4. The topological polar surface area (TPSA) is 62.2 Å². The van der Waals surface area contributed by atoms with Gasteiger partial charge in [-0.1, -0.05) is 0 Å². The highest BCUT2D eigenvalue weighted by Gasteiger charge is 2.22. The van der Waals surface area contributed by atoms with E-state index in [1.54, 1.807) is 4.90 Å². The van der Waals surface area contributed by atoms with Crippen molar-refractivity contribution in [3.63, 3.8) is 0 Å². The number of ether oxygens (including phenoxy) is 2. The Labute approximate surface area is 108 Å². The molecule has 0 bridgehead atoms. The molecule has 0 radical (unpaired) electrons. The third-order valence-electron chi connectivity index (χ3n) is 2.98. The van der Waals surface area contributed by atoms with Gasteiger partial charge in [0.05, 0.1) is 12.7 Å². The van der Waals surface area contributed by atoms with Crippen molar-refractivity contribution in [3.8, 4) is 0 Å². The van der Waals surface area contributed by atoms with E-state index in [1.807, 2.05) is 6.92 Å². The van der Waals surface area contributed by atoms with Crippen molar-refractivity contribution in [2.24, 2.45) is 0 Å². The summed E-state index contributed by atoms with van der Waals surface area (Å²) in [6.45, 7) is 6.63.